The van der Waals surface area contributed by atoms with Gasteiger partial charge in [0.25, 0.3) is 0 Å². The third kappa shape index (κ3) is 4.98. The number of aliphatic hydroxyl groups excluding tert-OH is 3. The molecule has 1 saturated heterocycles. The maximum atomic E-state index is 13.8. The fraction of sp³-hybridized carbons (Fsp3) is 0.300. The lowest BCUT2D eigenvalue weighted by Crippen LogP contribution is -2.55. The Morgan fingerprint density at radius 1 is 1.03 bits per heavy atom. The van der Waals surface area contributed by atoms with Crippen LogP contribution in [0.4, 0.5) is 8.78 Å². The standard InChI is InChI=1S/C20H16Cl3F2N3O4S/c21-10-2-1-9(5-11(10)22)33-20-19(31)17(18(30)15(7-29)32-20)28-6-14(26-27-28)8-3-12(24)16(23)13(25)4-8/h1-6,15,17-20,29-31H,7H2/t15?,17?,18-,19?,20+/m0/s1. The molecule has 0 amide bonds. The first-order valence-electron chi connectivity index (χ1n) is 9.50. The molecule has 3 N–H and O–H groups in total. The molecule has 0 bridgehead atoms. The third-order valence-electron chi connectivity index (χ3n) is 5.09. The lowest BCUT2D eigenvalue weighted by molar-refractivity contribution is -0.178. The molecule has 0 spiro atoms. The second-order valence-electron chi connectivity index (χ2n) is 7.23. The third-order valence-corrected chi connectivity index (χ3v) is 7.34. The van der Waals surface area contributed by atoms with Crippen LogP contribution in [0.25, 0.3) is 11.3 Å². The van der Waals surface area contributed by atoms with Crippen molar-refractivity contribution in [2.45, 2.75) is 34.7 Å². The van der Waals surface area contributed by atoms with E-state index in [1.165, 1.54) is 10.9 Å². The number of thioether (sulfide) groups is 1. The highest BCUT2D eigenvalue weighted by Crippen LogP contribution is 2.39. The average molecular weight is 539 g/mol. The van der Waals surface area contributed by atoms with Crippen LogP contribution in [0.5, 0.6) is 0 Å². The maximum Gasteiger partial charge on any atom is 0.145 e. The second-order valence-corrected chi connectivity index (χ2v) is 9.59. The van der Waals surface area contributed by atoms with Crippen LogP contribution in [0.1, 0.15) is 6.04 Å². The number of hydrogen-bond acceptors (Lipinski definition) is 7. The number of nitrogens with zero attached hydrogens (tertiary/aromatic N) is 3. The summed E-state index contributed by atoms with van der Waals surface area (Å²) in [6, 6.07) is 5.77. The predicted molar refractivity (Wildman–Crippen MR) is 120 cm³/mol. The molecule has 0 radical (unpaired) electrons. The van der Waals surface area contributed by atoms with Gasteiger partial charge in [0, 0.05) is 10.5 Å². The zero-order chi connectivity index (χ0) is 23.9. The fourth-order valence-corrected chi connectivity index (χ4v) is 4.99. The predicted octanol–water partition coefficient (Wildman–Crippen LogP) is 3.96. The molecule has 0 saturated carbocycles. The van der Waals surface area contributed by atoms with Crippen LogP contribution in [0, 0.1) is 11.6 Å². The van der Waals surface area contributed by atoms with Crippen molar-refractivity contribution in [3.05, 3.63) is 63.2 Å². The molecule has 3 unspecified atom stereocenters. The normalized spacial score (nSPS) is 25.4. The highest BCUT2D eigenvalue weighted by atomic mass is 35.5. The van der Waals surface area contributed by atoms with E-state index in [0.717, 1.165) is 23.9 Å². The van der Waals surface area contributed by atoms with Crippen LogP contribution in [-0.2, 0) is 4.74 Å². The number of hydrogen-bond donors (Lipinski definition) is 3. The molecule has 2 heterocycles. The Kier molecular flexibility index (Phi) is 7.47. The first-order valence-corrected chi connectivity index (χ1v) is 11.5. The van der Waals surface area contributed by atoms with Crippen LogP contribution < -0.4 is 0 Å². The summed E-state index contributed by atoms with van der Waals surface area (Å²) < 4.78 is 34.5. The van der Waals surface area contributed by atoms with E-state index < -0.39 is 53.1 Å². The lowest BCUT2D eigenvalue weighted by Gasteiger charge is -2.41. The summed E-state index contributed by atoms with van der Waals surface area (Å²) in [4.78, 5) is 0.631. The quantitative estimate of drug-likeness (QED) is 0.423. The summed E-state index contributed by atoms with van der Waals surface area (Å²) in [6.45, 7) is -0.530. The van der Waals surface area contributed by atoms with Gasteiger partial charge in [0.05, 0.1) is 22.8 Å². The van der Waals surface area contributed by atoms with Crippen molar-refractivity contribution < 1.29 is 28.8 Å². The number of aromatic nitrogens is 3. The van der Waals surface area contributed by atoms with Crippen LogP contribution in [0.15, 0.2) is 41.4 Å². The van der Waals surface area contributed by atoms with Gasteiger partial charge in [0.15, 0.2) is 0 Å². The summed E-state index contributed by atoms with van der Waals surface area (Å²) >= 11 is 18.6. The summed E-state index contributed by atoms with van der Waals surface area (Å²) in [5, 5.41) is 39.2. The molecule has 2 aromatic carbocycles. The van der Waals surface area contributed by atoms with E-state index >= 15 is 0 Å². The summed E-state index contributed by atoms with van der Waals surface area (Å²) in [7, 11) is 0. The molecule has 1 aromatic heterocycles. The number of aliphatic hydroxyl groups is 3. The minimum Gasteiger partial charge on any atom is -0.394 e. The average Bonchev–Trinajstić information content (AvgIpc) is 3.26. The van der Waals surface area contributed by atoms with Crippen molar-refractivity contribution >= 4 is 46.6 Å². The van der Waals surface area contributed by atoms with Gasteiger partial charge in [0.1, 0.15) is 52.1 Å². The first kappa shape index (κ1) is 24.6. The Bertz CT molecular complexity index is 1150. The summed E-state index contributed by atoms with van der Waals surface area (Å²) in [6.07, 6.45) is -2.39. The maximum absolute atomic E-state index is 13.8. The van der Waals surface area contributed by atoms with E-state index in [-0.39, 0.29) is 11.3 Å². The Labute approximate surface area is 205 Å². The topological polar surface area (TPSA) is 101 Å². The number of ether oxygens (including phenoxy) is 1. The van der Waals surface area contributed by atoms with Crippen molar-refractivity contribution in [1.29, 1.82) is 0 Å². The Morgan fingerprint density at radius 2 is 1.73 bits per heavy atom. The number of benzene rings is 2. The second kappa shape index (κ2) is 10.0. The summed E-state index contributed by atoms with van der Waals surface area (Å²) in [5.41, 5.74) is -0.771. The van der Waals surface area contributed by atoms with Crippen LogP contribution in [0.3, 0.4) is 0 Å². The molecule has 176 valence electrons. The molecule has 1 aliphatic heterocycles. The zero-order valence-electron chi connectivity index (χ0n) is 16.4. The number of halogens is 5. The minimum absolute atomic E-state index is 0.0668. The molecule has 1 aliphatic rings. The van der Waals surface area contributed by atoms with Crippen molar-refractivity contribution in [3.63, 3.8) is 0 Å². The van der Waals surface area contributed by atoms with Gasteiger partial charge in [-0.3, -0.25) is 0 Å². The molecule has 7 nitrogen and oxygen atoms in total. The van der Waals surface area contributed by atoms with Gasteiger partial charge >= 0.3 is 0 Å². The van der Waals surface area contributed by atoms with Crippen molar-refractivity contribution in [2.24, 2.45) is 0 Å². The highest BCUT2D eigenvalue weighted by Gasteiger charge is 2.46. The molecule has 5 atom stereocenters. The number of rotatable bonds is 5. The molecule has 3 aromatic rings. The molecule has 1 fully saturated rings. The van der Waals surface area contributed by atoms with Crippen LogP contribution >= 0.6 is 46.6 Å². The minimum atomic E-state index is -1.36. The van der Waals surface area contributed by atoms with Gasteiger partial charge in [-0.1, -0.05) is 51.8 Å². The zero-order valence-corrected chi connectivity index (χ0v) is 19.5. The van der Waals surface area contributed by atoms with Crippen LogP contribution in [0.2, 0.25) is 15.1 Å². The van der Waals surface area contributed by atoms with E-state index in [1.807, 2.05) is 0 Å². The lowest BCUT2D eigenvalue weighted by atomic mass is 9.97. The molecule has 4 rings (SSSR count). The molecular weight excluding hydrogens is 523 g/mol. The van der Waals surface area contributed by atoms with Gasteiger partial charge in [0.2, 0.25) is 0 Å². The van der Waals surface area contributed by atoms with Gasteiger partial charge in [-0.15, -0.1) is 5.10 Å². The van der Waals surface area contributed by atoms with Gasteiger partial charge < -0.3 is 20.1 Å². The largest absolute Gasteiger partial charge is 0.394 e. The summed E-state index contributed by atoms with van der Waals surface area (Å²) in [5.74, 6) is -1.93. The SMILES string of the molecule is OCC1O[C@H](Sc2ccc(Cl)c(Cl)c2)C(O)C(n2cc(-c3cc(F)c(Cl)c(F)c3)nn2)[C@H]1O. The molecule has 33 heavy (non-hydrogen) atoms. The molecule has 0 aliphatic carbocycles. The van der Waals surface area contributed by atoms with Gasteiger partial charge in [-0.2, -0.15) is 0 Å². The van der Waals surface area contributed by atoms with Gasteiger partial charge in [-0.25, -0.2) is 13.5 Å². The van der Waals surface area contributed by atoms with Crippen molar-refractivity contribution in [1.82, 2.24) is 15.0 Å². The smallest absolute Gasteiger partial charge is 0.145 e. The Morgan fingerprint density at radius 3 is 2.36 bits per heavy atom. The van der Waals surface area contributed by atoms with Gasteiger partial charge in [-0.05, 0) is 30.3 Å². The Balaban J connectivity index is 1.63. The van der Waals surface area contributed by atoms with E-state index in [9.17, 15) is 24.1 Å². The van der Waals surface area contributed by atoms with Crippen molar-refractivity contribution in [3.8, 4) is 11.3 Å². The van der Waals surface area contributed by atoms with E-state index in [0.29, 0.717) is 14.9 Å². The van der Waals surface area contributed by atoms with Crippen LogP contribution in [-0.4, -0.2) is 60.7 Å². The molecule has 13 heteroatoms. The highest BCUT2D eigenvalue weighted by molar-refractivity contribution is 7.99. The monoisotopic (exact) mass is 537 g/mol. The van der Waals surface area contributed by atoms with E-state index in [4.69, 9.17) is 39.5 Å². The van der Waals surface area contributed by atoms with E-state index in [1.54, 1.807) is 18.2 Å². The van der Waals surface area contributed by atoms with E-state index in [2.05, 4.69) is 10.3 Å². The fourth-order valence-electron chi connectivity index (χ4n) is 3.42. The first-order chi connectivity index (χ1) is 15.7. The molecular formula is C20H16Cl3F2N3O4S. The van der Waals surface area contributed by atoms with Crippen molar-refractivity contribution in [2.75, 3.05) is 6.61 Å². The Hall–Kier alpha value is -1.50.